The van der Waals surface area contributed by atoms with E-state index in [2.05, 4.69) is 55.4 Å². The maximum atomic E-state index is 11.3. The molecule has 0 spiro atoms. The van der Waals surface area contributed by atoms with Gasteiger partial charge >= 0.3 is 5.97 Å². The second-order valence-corrected chi connectivity index (χ2v) is 15.5. The predicted molar refractivity (Wildman–Crippen MR) is 127 cm³/mol. The molecule has 0 aromatic rings. The lowest BCUT2D eigenvalue weighted by atomic mass is 9.81. The highest BCUT2D eigenvalue weighted by atomic mass is 28.4. The molecular formula is C24H48O5Si. The number of hydrogen-bond acceptors (Lipinski definition) is 5. The van der Waals surface area contributed by atoms with Crippen molar-refractivity contribution >= 4 is 14.3 Å². The molecule has 0 aliphatic carbocycles. The van der Waals surface area contributed by atoms with Gasteiger partial charge in [-0.05, 0) is 48.2 Å². The minimum atomic E-state index is -1.99. The van der Waals surface area contributed by atoms with Crippen LogP contribution in [-0.4, -0.2) is 49.9 Å². The summed E-state index contributed by atoms with van der Waals surface area (Å²) in [4.78, 5) is 11.3. The topological polar surface area (TPSA) is 76.0 Å². The van der Waals surface area contributed by atoms with Crippen LogP contribution in [0.5, 0.6) is 0 Å². The molecule has 0 saturated heterocycles. The van der Waals surface area contributed by atoms with Crippen LogP contribution in [0.3, 0.4) is 0 Å². The molecule has 5 nitrogen and oxygen atoms in total. The normalized spacial score (nSPS) is 15.4. The fourth-order valence-electron chi connectivity index (χ4n) is 4.54. The Labute approximate surface area is 186 Å². The zero-order valence-corrected chi connectivity index (χ0v) is 21.9. The van der Waals surface area contributed by atoms with Crippen molar-refractivity contribution in [2.75, 3.05) is 13.2 Å². The van der Waals surface area contributed by atoms with Gasteiger partial charge in [0.25, 0.3) is 0 Å². The van der Waals surface area contributed by atoms with Gasteiger partial charge in [0.15, 0.2) is 8.32 Å². The average Bonchev–Trinajstić information content (AvgIpc) is 2.61. The average molecular weight is 445 g/mol. The summed E-state index contributed by atoms with van der Waals surface area (Å²) in [6.45, 7) is 20.1. The molecule has 0 saturated carbocycles. The summed E-state index contributed by atoms with van der Waals surface area (Å²) in [5, 5.41) is 21.0. The number of aliphatic hydroxyl groups is 2. The molecule has 0 aromatic carbocycles. The number of carbonyl (C=O) groups excluding carboxylic acids is 1. The minimum Gasteiger partial charge on any atom is -0.463 e. The minimum absolute atomic E-state index is 0.286. The molecule has 0 aromatic heterocycles. The number of esters is 1. The second kappa shape index (κ2) is 13.7. The molecule has 178 valence electrons. The summed E-state index contributed by atoms with van der Waals surface area (Å²) in [7, 11) is -1.99. The molecule has 6 heteroatoms. The van der Waals surface area contributed by atoms with Crippen molar-refractivity contribution in [3.63, 3.8) is 0 Å². The van der Waals surface area contributed by atoms with Gasteiger partial charge in [-0.15, -0.1) is 0 Å². The summed E-state index contributed by atoms with van der Waals surface area (Å²) in [5.74, 6) is -0.377. The zero-order valence-electron chi connectivity index (χ0n) is 20.9. The highest BCUT2D eigenvalue weighted by molar-refractivity contribution is 6.77. The Bertz CT molecular complexity index is 492. The van der Waals surface area contributed by atoms with Crippen LogP contribution in [0.25, 0.3) is 0 Å². The van der Waals surface area contributed by atoms with Crippen LogP contribution < -0.4 is 0 Å². The van der Waals surface area contributed by atoms with E-state index in [0.717, 1.165) is 12.8 Å². The SMILES string of the molecule is CCOC(=O)/C=C/CC(O)CCCC(C)(C)C(O)CO[Si](C(C)C)(C(C)C)C(C)C. The highest BCUT2D eigenvalue weighted by Crippen LogP contribution is 2.43. The first-order chi connectivity index (χ1) is 13.8. The molecule has 2 N–H and O–H groups in total. The third-order valence-corrected chi connectivity index (χ3v) is 12.5. The molecule has 0 radical (unpaired) electrons. The summed E-state index contributed by atoms with van der Waals surface area (Å²) in [6, 6.07) is 0. The molecule has 0 aliphatic rings. The quantitative estimate of drug-likeness (QED) is 0.195. The van der Waals surface area contributed by atoms with E-state index in [1.807, 2.05) is 0 Å². The number of aliphatic hydroxyl groups excluding tert-OH is 2. The number of rotatable bonds is 15. The standard InChI is InChI=1S/C24H48O5Si/c1-10-28-23(27)15-11-13-21(25)14-12-16-24(8,9)22(26)17-29-30(18(2)3,19(4)5)20(6)7/h11,15,18-22,25-26H,10,12-14,16-17H2,1-9H3/b15-11+. The Morgan fingerprint density at radius 2 is 1.57 bits per heavy atom. The number of hydrogen-bond donors (Lipinski definition) is 2. The van der Waals surface area contributed by atoms with Gasteiger partial charge in [0.2, 0.25) is 0 Å². The predicted octanol–water partition coefficient (Wildman–Crippen LogP) is 5.61. The lowest BCUT2D eigenvalue weighted by Crippen LogP contribution is -2.50. The van der Waals surface area contributed by atoms with Crippen LogP contribution >= 0.6 is 0 Å². The molecule has 0 amide bonds. The first-order valence-corrected chi connectivity index (χ1v) is 13.8. The van der Waals surface area contributed by atoms with Crippen molar-refractivity contribution in [2.45, 2.75) is 117 Å². The van der Waals surface area contributed by atoms with Crippen molar-refractivity contribution in [1.29, 1.82) is 0 Å². The van der Waals surface area contributed by atoms with Crippen molar-refractivity contribution in [1.82, 2.24) is 0 Å². The molecule has 0 rings (SSSR count). The van der Waals surface area contributed by atoms with Crippen LogP contribution in [0.4, 0.5) is 0 Å². The Morgan fingerprint density at radius 3 is 2.03 bits per heavy atom. The highest BCUT2D eigenvalue weighted by Gasteiger charge is 2.46. The van der Waals surface area contributed by atoms with Crippen LogP contribution in [-0.2, 0) is 14.0 Å². The molecule has 2 atom stereocenters. The first kappa shape index (κ1) is 29.3. The van der Waals surface area contributed by atoms with Crippen LogP contribution in [0.2, 0.25) is 16.6 Å². The van der Waals surface area contributed by atoms with Gasteiger partial charge in [-0.1, -0.05) is 67.9 Å². The van der Waals surface area contributed by atoms with Crippen molar-refractivity contribution in [3.05, 3.63) is 12.2 Å². The van der Waals surface area contributed by atoms with Gasteiger partial charge in [-0.25, -0.2) is 4.79 Å². The molecule has 0 bridgehead atoms. The van der Waals surface area contributed by atoms with Crippen molar-refractivity contribution in [2.24, 2.45) is 5.41 Å². The van der Waals surface area contributed by atoms with E-state index in [1.54, 1.807) is 13.0 Å². The van der Waals surface area contributed by atoms with Gasteiger partial charge in [0.05, 0.1) is 25.4 Å². The van der Waals surface area contributed by atoms with Gasteiger partial charge in [-0.3, -0.25) is 0 Å². The Balaban J connectivity index is 4.63. The van der Waals surface area contributed by atoms with E-state index in [4.69, 9.17) is 9.16 Å². The van der Waals surface area contributed by atoms with E-state index < -0.39 is 20.5 Å². The smallest absolute Gasteiger partial charge is 0.330 e. The molecule has 2 unspecified atom stereocenters. The monoisotopic (exact) mass is 444 g/mol. The second-order valence-electron chi connectivity index (χ2n) is 10.1. The lowest BCUT2D eigenvalue weighted by molar-refractivity contribution is -0.137. The maximum absolute atomic E-state index is 11.3. The number of ether oxygens (including phenoxy) is 1. The van der Waals surface area contributed by atoms with Crippen LogP contribution in [0.15, 0.2) is 12.2 Å². The third-order valence-electron chi connectivity index (χ3n) is 6.41. The molecule has 0 aliphatic heterocycles. The first-order valence-electron chi connectivity index (χ1n) is 11.6. The maximum Gasteiger partial charge on any atom is 0.330 e. The van der Waals surface area contributed by atoms with Gasteiger partial charge < -0.3 is 19.4 Å². The largest absolute Gasteiger partial charge is 0.463 e. The summed E-state index contributed by atoms with van der Waals surface area (Å²) in [6.07, 6.45) is 4.65. The fourth-order valence-corrected chi connectivity index (χ4v) is 9.98. The van der Waals surface area contributed by atoms with Gasteiger partial charge in [-0.2, -0.15) is 0 Å². The molecule has 30 heavy (non-hydrogen) atoms. The van der Waals surface area contributed by atoms with Gasteiger partial charge in [0.1, 0.15) is 0 Å². The number of carbonyl (C=O) groups is 1. The van der Waals surface area contributed by atoms with Crippen LogP contribution in [0.1, 0.15) is 88.0 Å². The summed E-state index contributed by atoms with van der Waals surface area (Å²) >= 11 is 0. The Morgan fingerprint density at radius 1 is 1.03 bits per heavy atom. The van der Waals surface area contributed by atoms with E-state index in [9.17, 15) is 15.0 Å². The summed E-state index contributed by atoms with van der Waals surface area (Å²) in [5.41, 5.74) is 1.19. The van der Waals surface area contributed by atoms with E-state index in [1.165, 1.54) is 6.08 Å². The Kier molecular flexibility index (Phi) is 13.3. The van der Waals surface area contributed by atoms with Crippen molar-refractivity contribution in [3.8, 4) is 0 Å². The third kappa shape index (κ3) is 9.21. The van der Waals surface area contributed by atoms with E-state index in [-0.39, 0.29) is 11.4 Å². The van der Waals surface area contributed by atoms with Crippen LogP contribution in [0, 0.1) is 5.41 Å². The molecular weight excluding hydrogens is 396 g/mol. The summed E-state index contributed by atoms with van der Waals surface area (Å²) < 4.78 is 11.4. The van der Waals surface area contributed by atoms with Gasteiger partial charge in [0, 0.05) is 6.08 Å². The zero-order chi connectivity index (χ0) is 23.5. The Hall–Kier alpha value is -0.693. The molecule has 0 heterocycles. The van der Waals surface area contributed by atoms with E-state index in [0.29, 0.717) is 42.7 Å². The van der Waals surface area contributed by atoms with E-state index >= 15 is 0 Å². The lowest BCUT2D eigenvalue weighted by Gasteiger charge is -2.44. The molecule has 0 fully saturated rings. The fraction of sp³-hybridized carbons (Fsp3) is 0.875. The van der Waals surface area contributed by atoms with Crippen molar-refractivity contribution < 1.29 is 24.2 Å².